The number of esters is 1. The van der Waals surface area contributed by atoms with Crippen LogP contribution in [-0.4, -0.2) is 34.6 Å². The molecule has 0 saturated carbocycles. The number of hydrogen-bond donors (Lipinski definition) is 2. The first-order valence-corrected chi connectivity index (χ1v) is 7.79. The molecular formula is C15H19BrN4O3. The molecule has 0 aliphatic rings. The number of fused-ring (bicyclic) bond motifs is 1. The molecule has 0 spiro atoms. The highest BCUT2D eigenvalue weighted by molar-refractivity contribution is 9.10. The minimum absolute atomic E-state index is 0.260. The average Bonchev–Trinajstić information content (AvgIpc) is 2.86. The lowest BCUT2D eigenvalue weighted by atomic mass is 9.85. The van der Waals surface area contributed by atoms with E-state index in [0.29, 0.717) is 11.2 Å². The molecule has 7 nitrogen and oxygen atoms in total. The zero-order valence-corrected chi connectivity index (χ0v) is 15.0. The molecule has 3 N–H and O–H groups in total. The van der Waals surface area contributed by atoms with Gasteiger partial charge in [0, 0.05) is 16.7 Å². The van der Waals surface area contributed by atoms with E-state index in [9.17, 15) is 9.59 Å². The summed E-state index contributed by atoms with van der Waals surface area (Å²) in [6, 6.07) is 1.51. The van der Waals surface area contributed by atoms with Crippen LogP contribution < -0.4 is 11.1 Å². The van der Waals surface area contributed by atoms with Gasteiger partial charge in [0.15, 0.2) is 0 Å². The Hall–Kier alpha value is -2.09. The van der Waals surface area contributed by atoms with Crippen LogP contribution in [0.5, 0.6) is 0 Å². The summed E-state index contributed by atoms with van der Waals surface area (Å²) < 4.78 is 7.28. The van der Waals surface area contributed by atoms with E-state index < -0.39 is 11.3 Å². The van der Waals surface area contributed by atoms with Gasteiger partial charge in [0.05, 0.1) is 35.5 Å². The molecule has 0 aromatic carbocycles. The quantitative estimate of drug-likeness (QED) is 0.772. The van der Waals surface area contributed by atoms with Crippen molar-refractivity contribution < 1.29 is 14.3 Å². The molecule has 0 aliphatic heterocycles. The number of halogens is 1. The molecule has 8 heteroatoms. The third kappa shape index (κ3) is 3.17. The van der Waals surface area contributed by atoms with E-state index in [1.807, 2.05) is 13.0 Å². The Morgan fingerprint density at radius 2 is 2.13 bits per heavy atom. The molecule has 0 radical (unpaired) electrons. The zero-order valence-electron chi connectivity index (χ0n) is 13.4. The summed E-state index contributed by atoms with van der Waals surface area (Å²) >= 11 is 3.38. The number of nitrogens with zero attached hydrogens (tertiary/aromatic N) is 2. The summed E-state index contributed by atoms with van der Waals surface area (Å²) in [5, 5.41) is 7.38. The van der Waals surface area contributed by atoms with Crippen molar-refractivity contribution in [3.8, 4) is 0 Å². The third-order valence-electron chi connectivity index (χ3n) is 4.02. The molecule has 124 valence electrons. The number of methoxy groups -OCH3 is 1. The van der Waals surface area contributed by atoms with Gasteiger partial charge in [-0.15, -0.1) is 0 Å². The lowest BCUT2D eigenvalue weighted by Crippen LogP contribution is -2.41. The maximum Gasteiger partial charge on any atom is 0.313 e. The van der Waals surface area contributed by atoms with Crippen LogP contribution in [0.1, 0.15) is 31.1 Å². The van der Waals surface area contributed by atoms with Gasteiger partial charge in [-0.3, -0.25) is 9.59 Å². The van der Waals surface area contributed by atoms with E-state index in [1.54, 1.807) is 24.6 Å². The maximum absolute atomic E-state index is 12.0. The van der Waals surface area contributed by atoms with Crippen LogP contribution in [-0.2, 0) is 9.53 Å². The number of rotatable bonds is 5. The summed E-state index contributed by atoms with van der Waals surface area (Å²) in [6.45, 7) is 5.39. The number of hydrogen-bond acceptors (Lipinski definition) is 5. The van der Waals surface area contributed by atoms with E-state index in [2.05, 4.69) is 26.3 Å². The lowest BCUT2D eigenvalue weighted by Gasteiger charge is -2.30. The smallest absolute Gasteiger partial charge is 0.313 e. The third-order valence-corrected chi connectivity index (χ3v) is 4.46. The number of primary amides is 1. The molecule has 2 rings (SSSR count). The van der Waals surface area contributed by atoms with Gasteiger partial charge in [-0.2, -0.15) is 5.10 Å². The molecular weight excluding hydrogens is 364 g/mol. The van der Waals surface area contributed by atoms with Gasteiger partial charge in [0.25, 0.3) is 5.91 Å². The normalized spacial score (nSPS) is 12.9. The summed E-state index contributed by atoms with van der Waals surface area (Å²) in [7, 11) is 1.35. The van der Waals surface area contributed by atoms with Gasteiger partial charge in [-0.1, -0.05) is 0 Å². The summed E-state index contributed by atoms with van der Waals surface area (Å²) in [5.74, 6) is -0.942. The second kappa shape index (κ2) is 6.19. The van der Waals surface area contributed by atoms with Crippen LogP contribution in [0.25, 0.3) is 5.52 Å². The second-order valence-electron chi connectivity index (χ2n) is 5.86. The maximum atomic E-state index is 12.0. The molecule has 0 fully saturated rings. The molecule has 0 aliphatic carbocycles. The van der Waals surface area contributed by atoms with Gasteiger partial charge in [-0.05, 0) is 42.8 Å². The first-order chi connectivity index (χ1) is 10.7. The molecule has 0 saturated heterocycles. The summed E-state index contributed by atoms with van der Waals surface area (Å²) in [4.78, 5) is 23.7. The van der Waals surface area contributed by atoms with Crippen LogP contribution in [0, 0.1) is 5.41 Å². The highest BCUT2D eigenvalue weighted by atomic mass is 79.9. The van der Waals surface area contributed by atoms with Crippen molar-refractivity contribution in [3.63, 3.8) is 0 Å². The predicted molar refractivity (Wildman–Crippen MR) is 90.3 cm³/mol. The van der Waals surface area contributed by atoms with E-state index >= 15 is 0 Å². The van der Waals surface area contributed by atoms with E-state index in [-0.39, 0.29) is 17.6 Å². The standard InChI is InChI=1S/C15H19BrN4O3/c1-8(15(2,3)14(22)23-4)19-12-10(13(17)21)6-18-20-7-9(16)5-11(12)20/h5-8,19H,1-4H3,(H2,17,21)/t8-/m1/s1. The molecule has 2 heterocycles. The Labute approximate surface area is 142 Å². The molecule has 23 heavy (non-hydrogen) atoms. The highest BCUT2D eigenvalue weighted by Gasteiger charge is 2.36. The number of anilines is 1. The fraction of sp³-hybridized carbons (Fsp3) is 0.400. The summed E-state index contributed by atoms with van der Waals surface area (Å²) in [6.07, 6.45) is 3.17. The first kappa shape index (κ1) is 17.3. The number of carbonyl (C=O) groups excluding carboxylic acids is 2. The number of carbonyl (C=O) groups is 2. The van der Waals surface area contributed by atoms with Crippen molar-refractivity contribution in [1.29, 1.82) is 0 Å². The number of aromatic nitrogens is 2. The molecule has 2 aromatic heterocycles. The van der Waals surface area contributed by atoms with Gasteiger partial charge in [0.2, 0.25) is 0 Å². The number of nitrogens with one attached hydrogen (secondary N) is 1. The van der Waals surface area contributed by atoms with Crippen LogP contribution in [0.4, 0.5) is 5.69 Å². The van der Waals surface area contributed by atoms with Crippen LogP contribution in [0.2, 0.25) is 0 Å². The average molecular weight is 383 g/mol. The molecule has 0 bridgehead atoms. The lowest BCUT2D eigenvalue weighted by molar-refractivity contribution is -0.151. The Kier molecular flexibility index (Phi) is 4.65. The Balaban J connectivity index is 2.51. The minimum atomic E-state index is -0.798. The molecule has 2 aromatic rings. The molecule has 1 atom stereocenters. The summed E-state index contributed by atoms with van der Waals surface area (Å²) in [5.41, 5.74) is 6.13. The van der Waals surface area contributed by atoms with Gasteiger partial charge < -0.3 is 15.8 Å². The number of nitrogens with two attached hydrogens (primary N) is 1. The van der Waals surface area contributed by atoms with Crippen molar-refractivity contribution in [2.24, 2.45) is 11.1 Å². The zero-order chi connectivity index (χ0) is 17.4. The highest BCUT2D eigenvalue weighted by Crippen LogP contribution is 2.30. The Bertz CT molecular complexity index is 769. The van der Waals surface area contributed by atoms with Gasteiger partial charge in [-0.25, -0.2) is 4.52 Å². The molecule has 1 amide bonds. The monoisotopic (exact) mass is 382 g/mol. The van der Waals surface area contributed by atoms with Gasteiger partial charge >= 0.3 is 5.97 Å². The fourth-order valence-corrected chi connectivity index (χ4v) is 2.61. The molecule has 0 unspecified atom stereocenters. The second-order valence-corrected chi connectivity index (χ2v) is 6.78. The van der Waals surface area contributed by atoms with Crippen LogP contribution >= 0.6 is 15.9 Å². The van der Waals surface area contributed by atoms with Crippen molar-refractivity contribution in [2.45, 2.75) is 26.8 Å². The first-order valence-electron chi connectivity index (χ1n) is 7.00. The number of amides is 1. The van der Waals surface area contributed by atoms with E-state index in [0.717, 1.165) is 4.47 Å². The van der Waals surface area contributed by atoms with Gasteiger partial charge in [0.1, 0.15) is 0 Å². The van der Waals surface area contributed by atoms with E-state index in [4.69, 9.17) is 10.5 Å². The topological polar surface area (TPSA) is 98.7 Å². The van der Waals surface area contributed by atoms with E-state index in [1.165, 1.54) is 13.3 Å². The number of ether oxygens (including phenoxy) is 1. The SMILES string of the molecule is COC(=O)C(C)(C)[C@@H](C)Nc1c(C(N)=O)cnn2cc(Br)cc12. The van der Waals surface area contributed by atoms with Crippen LogP contribution in [0.3, 0.4) is 0 Å². The fourth-order valence-electron chi connectivity index (χ4n) is 2.20. The van der Waals surface area contributed by atoms with Crippen LogP contribution in [0.15, 0.2) is 22.9 Å². The van der Waals surface area contributed by atoms with Crippen molar-refractivity contribution in [1.82, 2.24) is 9.61 Å². The Morgan fingerprint density at radius 1 is 1.48 bits per heavy atom. The van der Waals surface area contributed by atoms with Crippen molar-refractivity contribution >= 4 is 39.0 Å². The largest absolute Gasteiger partial charge is 0.469 e. The minimum Gasteiger partial charge on any atom is -0.469 e. The van der Waals surface area contributed by atoms with Crippen molar-refractivity contribution in [2.75, 3.05) is 12.4 Å². The predicted octanol–water partition coefficient (Wildman–Crippen LogP) is 2.20. The Morgan fingerprint density at radius 3 is 2.70 bits per heavy atom. The van der Waals surface area contributed by atoms with Crippen molar-refractivity contribution in [3.05, 3.63) is 28.5 Å².